The summed E-state index contributed by atoms with van der Waals surface area (Å²) in [5.41, 5.74) is 1.47. The lowest BCUT2D eigenvalue weighted by Crippen LogP contribution is -2.27. The maximum atomic E-state index is 12.4. The lowest BCUT2D eigenvalue weighted by molar-refractivity contribution is -0.130. The molecule has 1 aromatic heterocycles. The Morgan fingerprint density at radius 1 is 1.18 bits per heavy atom. The van der Waals surface area contributed by atoms with E-state index in [1.807, 2.05) is 24.3 Å². The first-order valence-electron chi connectivity index (χ1n) is 8.69. The van der Waals surface area contributed by atoms with Crippen molar-refractivity contribution >= 4 is 43.3 Å². The van der Waals surface area contributed by atoms with E-state index >= 15 is 0 Å². The Balaban J connectivity index is 1.38. The first kappa shape index (κ1) is 18.6. The van der Waals surface area contributed by atoms with Crippen LogP contribution >= 0.6 is 11.3 Å². The van der Waals surface area contributed by atoms with Gasteiger partial charge in [0.15, 0.2) is 0 Å². The minimum atomic E-state index is -3.56. The van der Waals surface area contributed by atoms with Crippen molar-refractivity contribution in [3.8, 4) is 0 Å². The molecule has 0 unspecified atom stereocenters. The number of amides is 1. The summed E-state index contributed by atoms with van der Waals surface area (Å²) >= 11 is 1.57. The highest BCUT2D eigenvalue weighted by Gasteiger charge is 2.30. The largest absolute Gasteiger partial charge is 0.339 e. The SMILES string of the molecule is CN(Cc1nc2ccccc2s1)C(=O)CCN=C1NS(=O)(=O)c2ccccc21. The molecule has 2 heterocycles. The molecule has 7 nitrogen and oxygen atoms in total. The van der Waals surface area contributed by atoms with E-state index in [9.17, 15) is 13.2 Å². The smallest absolute Gasteiger partial charge is 0.263 e. The number of amidine groups is 1. The number of carbonyl (C=O) groups is 1. The molecule has 28 heavy (non-hydrogen) atoms. The van der Waals surface area contributed by atoms with Gasteiger partial charge in [0, 0.05) is 19.0 Å². The number of para-hydroxylation sites is 1. The highest BCUT2D eigenvalue weighted by molar-refractivity contribution is 7.90. The van der Waals surface area contributed by atoms with Crippen LogP contribution in [0.5, 0.6) is 0 Å². The van der Waals surface area contributed by atoms with Crippen molar-refractivity contribution in [1.82, 2.24) is 14.6 Å². The van der Waals surface area contributed by atoms with Gasteiger partial charge in [-0.2, -0.15) is 0 Å². The van der Waals surface area contributed by atoms with E-state index < -0.39 is 10.0 Å². The fourth-order valence-corrected chi connectivity index (χ4v) is 5.26. The third-order valence-corrected chi connectivity index (χ3v) is 6.81. The van der Waals surface area contributed by atoms with Crippen LogP contribution in [0.25, 0.3) is 10.2 Å². The van der Waals surface area contributed by atoms with Crippen LogP contribution in [0.3, 0.4) is 0 Å². The fourth-order valence-electron chi connectivity index (χ4n) is 2.98. The highest BCUT2D eigenvalue weighted by atomic mass is 32.2. The van der Waals surface area contributed by atoms with Crippen LogP contribution in [0, 0.1) is 0 Å². The van der Waals surface area contributed by atoms with E-state index in [-0.39, 0.29) is 29.6 Å². The number of hydrogen-bond donors (Lipinski definition) is 1. The molecule has 1 aliphatic heterocycles. The molecule has 1 N–H and O–H groups in total. The highest BCUT2D eigenvalue weighted by Crippen LogP contribution is 2.23. The van der Waals surface area contributed by atoms with Gasteiger partial charge in [-0.3, -0.25) is 14.5 Å². The number of carbonyl (C=O) groups excluding carboxylic acids is 1. The number of aromatic nitrogens is 1. The van der Waals surface area contributed by atoms with Crippen molar-refractivity contribution in [2.75, 3.05) is 13.6 Å². The summed E-state index contributed by atoms with van der Waals surface area (Å²) in [5.74, 6) is 0.218. The summed E-state index contributed by atoms with van der Waals surface area (Å²) in [6.45, 7) is 0.638. The zero-order valence-electron chi connectivity index (χ0n) is 15.1. The zero-order valence-corrected chi connectivity index (χ0v) is 16.8. The number of rotatable bonds is 5. The van der Waals surface area contributed by atoms with Gasteiger partial charge >= 0.3 is 0 Å². The summed E-state index contributed by atoms with van der Waals surface area (Å²) in [6.07, 6.45) is 0.189. The molecular formula is C19H18N4O3S2. The van der Waals surface area contributed by atoms with Crippen molar-refractivity contribution in [3.63, 3.8) is 0 Å². The van der Waals surface area contributed by atoms with Gasteiger partial charge in [-0.25, -0.2) is 13.4 Å². The van der Waals surface area contributed by atoms with Crippen LogP contribution in [0.4, 0.5) is 0 Å². The Morgan fingerprint density at radius 3 is 2.75 bits per heavy atom. The van der Waals surface area contributed by atoms with Crippen molar-refractivity contribution < 1.29 is 13.2 Å². The van der Waals surface area contributed by atoms with Gasteiger partial charge in [-0.15, -0.1) is 11.3 Å². The predicted octanol–water partition coefficient (Wildman–Crippen LogP) is 2.38. The van der Waals surface area contributed by atoms with Gasteiger partial charge in [0.25, 0.3) is 10.0 Å². The number of aliphatic imine (C=N–C) groups is 1. The summed E-state index contributed by atoms with van der Waals surface area (Å²) in [6, 6.07) is 14.5. The Labute approximate surface area is 166 Å². The Bertz CT molecular complexity index is 1150. The summed E-state index contributed by atoms with van der Waals surface area (Å²) in [4.78, 5) is 23.1. The van der Waals surface area contributed by atoms with E-state index in [4.69, 9.17) is 0 Å². The number of fused-ring (bicyclic) bond motifs is 2. The molecule has 1 aliphatic rings. The molecule has 3 aromatic rings. The van der Waals surface area contributed by atoms with Crippen molar-refractivity contribution in [2.24, 2.45) is 4.99 Å². The number of thiazole rings is 1. The van der Waals surface area contributed by atoms with Crippen LogP contribution in [0.15, 0.2) is 58.4 Å². The second-order valence-corrected chi connectivity index (χ2v) is 9.17. The number of nitrogens with one attached hydrogen (secondary N) is 1. The third kappa shape index (κ3) is 3.63. The van der Waals surface area contributed by atoms with Gasteiger partial charge in [-0.05, 0) is 24.3 Å². The van der Waals surface area contributed by atoms with Gasteiger partial charge in [0.05, 0.1) is 28.2 Å². The van der Waals surface area contributed by atoms with E-state index in [1.54, 1.807) is 41.5 Å². The van der Waals surface area contributed by atoms with Crippen molar-refractivity contribution in [2.45, 2.75) is 17.9 Å². The molecule has 0 saturated carbocycles. The zero-order chi connectivity index (χ0) is 19.7. The fraction of sp³-hybridized carbons (Fsp3) is 0.211. The van der Waals surface area contributed by atoms with E-state index in [0.29, 0.717) is 12.1 Å². The molecule has 2 aromatic carbocycles. The van der Waals surface area contributed by atoms with E-state index in [2.05, 4.69) is 14.7 Å². The van der Waals surface area contributed by atoms with Crippen LogP contribution in [-0.4, -0.2) is 43.6 Å². The third-order valence-electron chi connectivity index (χ3n) is 4.39. The van der Waals surface area contributed by atoms with Gasteiger partial charge in [0.1, 0.15) is 10.8 Å². The lowest BCUT2D eigenvalue weighted by Gasteiger charge is -2.14. The second-order valence-electron chi connectivity index (χ2n) is 6.41. The van der Waals surface area contributed by atoms with Crippen LogP contribution in [0.1, 0.15) is 17.0 Å². The van der Waals surface area contributed by atoms with Gasteiger partial charge in [-0.1, -0.05) is 24.3 Å². The molecule has 0 fully saturated rings. The summed E-state index contributed by atoms with van der Waals surface area (Å²) in [5, 5.41) is 0.876. The number of nitrogens with zero attached hydrogens (tertiary/aromatic N) is 3. The number of hydrogen-bond acceptors (Lipinski definition) is 6. The molecule has 0 bridgehead atoms. The van der Waals surface area contributed by atoms with Crippen LogP contribution < -0.4 is 4.72 Å². The molecule has 144 valence electrons. The van der Waals surface area contributed by atoms with Gasteiger partial charge in [0.2, 0.25) is 5.91 Å². The number of benzene rings is 2. The second kappa shape index (κ2) is 7.33. The maximum Gasteiger partial charge on any atom is 0.263 e. The summed E-state index contributed by atoms with van der Waals surface area (Å²) in [7, 11) is -1.83. The normalized spacial score (nSPS) is 16.1. The van der Waals surface area contributed by atoms with Crippen molar-refractivity contribution in [1.29, 1.82) is 0 Å². The topological polar surface area (TPSA) is 91.7 Å². The summed E-state index contributed by atoms with van der Waals surface area (Å²) < 4.78 is 27.7. The predicted molar refractivity (Wildman–Crippen MR) is 109 cm³/mol. The molecule has 1 amide bonds. The van der Waals surface area contributed by atoms with Crippen LogP contribution in [-0.2, 0) is 21.4 Å². The Hall–Kier alpha value is -2.78. The number of sulfonamides is 1. The molecule has 9 heteroatoms. The first-order valence-corrected chi connectivity index (χ1v) is 11.0. The van der Waals surface area contributed by atoms with E-state index in [0.717, 1.165) is 15.2 Å². The molecule has 0 saturated heterocycles. The molecule has 0 atom stereocenters. The maximum absolute atomic E-state index is 12.4. The Morgan fingerprint density at radius 2 is 1.93 bits per heavy atom. The molecule has 0 spiro atoms. The average Bonchev–Trinajstić information content (AvgIpc) is 3.20. The Kier molecular flexibility index (Phi) is 4.86. The first-order chi connectivity index (χ1) is 13.4. The molecular weight excluding hydrogens is 396 g/mol. The monoisotopic (exact) mass is 414 g/mol. The van der Waals surface area contributed by atoms with Crippen LogP contribution in [0.2, 0.25) is 0 Å². The van der Waals surface area contributed by atoms with Gasteiger partial charge < -0.3 is 4.90 Å². The van der Waals surface area contributed by atoms with E-state index in [1.165, 1.54) is 6.07 Å². The minimum Gasteiger partial charge on any atom is -0.339 e. The lowest BCUT2D eigenvalue weighted by atomic mass is 10.2. The average molecular weight is 415 g/mol. The van der Waals surface area contributed by atoms with Crippen molar-refractivity contribution in [3.05, 3.63) is 59.1 Å². The molecule has 0 aliphatic carbocycles. The standard InChI is InChI=1S/C19H18N4O3S2/c1-23(12-17-21-14-7-3-4-8-15(14)27-17)18(24)10-11-20-19-13-6-2-5-9-16(13)28(25,26)22-19/h2-9H,10-12H2,1H3,(H,20,22). The molecule has 4 rings (SSSR count). The molecule has 0 radical (unpaired) electrons. The minimum absolute atomic E-state index is 0.0715. The quantitative estimate of drug-likeness (QED) is 0.694.